The Labute approximate surface area is 101 Å². The minimum Gasteiger partial charge on any atom is -0.309 e. The molecule has 1 N–H and O–H groups in total. The first-order valence-electron chi connectivity index (χ1n) is 5.53. The fraction of sp³-hybridized carbons (Fsp3) is 0.286. The molecule has 1 nitrogen and oxygen atoms in total. The maximum absolute atomic E-state index is 3.48. The maximum Gasteiger partial charge on any atom is 0.0219 e. The van der Waals surface area contributed by atoms with Crippen LogP contribution in [-0.2, 0) is 13.1 Å². The van der Waals surface area contributed by atoms with Gasteiger partial charge in [-0.25, -0.2) is 0 Å². The molecule has 0 fully saturated rings. The summed E-state index contributed by atoms with van der Waals surface area (Å²) < 4.78 is 0. The van der Waals surface area contributed by atoms with Crippen LogP contribution >= 0.6 is 11.3 Å². The SMILES string of the molecule is Cc1cccc(CNCc2cscc2C)c1. The predicted octanol–water partition coefficient (Wildman–Crippen LogP) is 3.65. The van der Waals surface area contributed by atoms with Crippen LogP contribution < -0.4 is 5.32 Å². The van der Waals surface area contributed by atoms with Crippen molar-refractivity contribution in [3.63, 3.8) is 0 Å². The van der Waals surface area contributed by atoms with E-state index in [0.29, 0.717) is 0 Å². The number of hydrogen-bond donors (Lipinski definition) is 1. The van der Waals surface area contributed by atoms with E-state index in [1.165, 1.54) is 22.3 Å². The minimum atomic E-state index is 0.941. The van der Waals surface area contributed by atoms with Crippen LogP contribution in [0, 0.1) is 13.8 Å². The molecule has 84 valence electrons. The molecule has 2 aromatic rings. The molecule has 0 aliphatic carbocycles. The van der Waals surface area contributed by atoms with Crippen LogP contribution in [0.5, 0.6) is 0 Å². The molecule has 16 heavy (non-hydrogen) atoms. The topological polar surface area (TPSA) is 12.0 Å². The Hall–Kier alpha value is -1.12. The number of nitrogens with one attached hydrogen (secondary N) is 1. The quantitative estimate of drug-likeness (QED) is 0.847. The van der Waals surface area contributed by atoms with Crippen LogP contribution in [0.2, 0.25) is 0 Å². The van der Waals surface area contributed by atoms with Crippen molar-refractivity contribution in [3.8, 4) is 0 Å². The van der Waals surface area contributed by atoms with E-state index < -0.39 is 0 Å². The van der Waals surface area contributed by atoms with Gasteiger partial charge in [0.2, 0.25) is 0 Å². The number of rotatable bonds is 4. The molecule has 2 rings (SSSR count). The van der Waals surface area contributed by atoms with Gasteiger partial charge in [0.1, 0.15) is 0 Å². The van der Waals surface area contributed by atoms with Crippen molar-refractivity contribution in [1.82, 2.24) is 5.32 Å². The number of aryl methyl sites for hydroxylation is 2. The molecule has 0 radical (unpaired) electrons. The smallest absolute Gasteiger partial charge is 0.0219 e. The van der Waals surface area contributed by atoms with Crippen LogP contribution in [0.3, 0.4) is 0 Å². The maximum atomic E-state index is 3.48. The van der Waals surface area contributed by atoms with Crippen molar-refractivity contribution < 1.29 is 0 Å². The standard InChI is InChI=1S/C14H17NS/c1-11-4-3-5-13(6-11)7-15-8-14-10-16-9-12(14)2/h3-6,9-10,15H,7-8H2,1-2H3. The lowest BCUT2D eigenvalue weighted by molar-refractivity contribution is 0.692. The Balaban J connectivity index is 1.87. The summed E-state index contributed by atoms with van der Waals surface area (Å²) in [6.45, 7) is 6.20. The highest BCUT2D eigenvalue weighted by molar-refractivity contribution is 7.08. The van der Waals surface area contributed by atoms with Gasteiger partial charge in [0.25, 0.3) is 0 Å². The molecule has 2 heteroatoms. The van der Waals surface area contributed by atoms with Gasteiger partial charge in [-0.15, -0.1) is 0 Å². The van der Waals surface area contributed by atoms with Gasteiger partial charge in [0, 0.05) is 13.1 Å². The lowest BCUT2D eigenvalue weighted by Gasteiger charge is -2.05. The Kier molecular flexibility index (Phi) is 3.75. The van der Waals surface area contributed by atoms with Crippen molar-refractivity contribution in [2.24, 2.45) is 0 Å². The first kappa shape index (κ1) is 11.4. The molecule has 0 atom stereocenters. The van der Waals surface area contributed by atoms with Crippen molar-refractivity contribution in [2.75, 3.05) is 0 Å². The van der Waals surface area contributed by atoms with Crippen LogP contribution in [0.1, 0.15) is 22.3 Å². The summed E-state index contributed by atoms with van der Waals surface area (Å²) in [5.74, 6) is 0. The van der Waals surface area contributed by atoms with Gasteiger partial charge in [-0.2, -0.15) is 11.3 Å². The van der Waals surface area contributed by atoms with E-state index in [9.17, 15) is 0 Å². The van der Waals surface area contributed by atoms with E-state index in [-0.39, 0.29) is 0 Å². The molecule has 0 spiro atoms. The molecule has 0 unspecified atom stereocenters. The first-order chi connectivity index (χ1) is 7.75. The highest BCUT2D eigenvalue weighted by Crippen LogP contribution is 2.13. The second kappa shape index (κ2) is 5.28. The Bertz CT molecular complexity index is 459. The van der Waals surface area contributed by atoms with E-state index in [1.807, 2.05) is 0 Å². The summed E-state index contributed by atoms with van der Waals surface area (Å²) in [6.07, 6.45) is 0. The highest BCUT2D eigenvalue weighted by atomic mass is 32.1. The summed E-state index contributed by atoms with van der Waals surface area (Å²) in [4.78, 5) is 0. The normalized spacial score (nSPS) is 10.6. The lowest BCUT2D eigenvalue weighted by Crippen LogP contribution is -2.12. The molecule has 0 amide bonds. The van der Waals surface area contributed by atoms with Gasteiger partial charge in [-0.05, 0) is 41.3 Å². The van der Waals surface area contributed by atoms with E-state index in [0.717, 1.165) is 13.1 Å². The van der Waals surface area contributed by atoms with Crippen molar-refractivity contribution in [2.45, 2.75) is 26.9 Å². The zero-order valence-corrected chi connectivity index (χ0v) is 10.6. The molecule has 1 heterocycles. The molecule has 0 saturated heterocycles. The van der Waals surface area contributed by atoms with Gasteiger partial charge < -0.3 is 5.32 Å². The van der Waals surface area contributed by atoms with E-state index in [4.69, 9.17) is 0 Å². The molecule has 1 aromatic carbocycles. The van der Waals surface area contributed by atoms with Crippen LogP contribution in [0.4, 0.5) is 0 Å². The summed E-state index contributed by atoms with van der Waals surface area (Å²) in [5, 5.41) is 7.90. The number of benzene rings is 1. The van der Waals surface area contributed by atoms with Crippen molar-refractivity contribution in [1.29, 1.82) is 0 Å². The molecular formula is C14H17NS. The Morgan fingerprint density at radius 3 is 2.69 bits per heavy atom. The summed E-state index contributed by atoms with van der Waals surface area (Å²) in [6, 6.07) is 8.64. The Morgan fingerprint density at radius 2 is 2.00 bits per heavy atom. The molecule has 0 bridgehead atoms. The molecule has 0 aliphatic heterocycles. The van der Waals surface area contributed by atoms with E-state index in [2.05, 4.69) is 54.2 Å². The summed E-state index contributed by atoms with van der Waals surface area (Å²) >= 11 is 1.77. The second-order valence-corrected chi connectivity index (χ2v) is 4.92. The first-order valence-corrected chi connectivity index (χ1v) is 6.48. The highest BCUT2D eigenvalue weighted by Gasteiger charge is 1.98. The fourth-order valence-corrected chi connectivity index (χ4v) is 2.59. The van der Waals surface area contributed by atoms with Crippen molar-refractivity contribution in [3.05, 3.63) is 57.3 Å². The summed E-state index contributed by atoms with van der Waals surface area (Å²) in [7, 11) is 0. The van der Waals surface area contributed by atoms with E-state index >= 15 is 0 Å². The summed E-state index contributed by atoms with van der Waals surface area (Å²) in [5.41, 5.74) is 5.48. The van der Waals surface area contributed by atoms with E-state index in [1.54, 1.807) is 11.3 Å². The number of thiophene rings is 1. The zero-order valence-electron chi connectivity index (χ0n) is 9.79. The third kappa shape index (κ3) is 2.94. The van der Waals surface area contributed by atoms with Gasteiger partial charge in [-0.1, -0.05) is 29.8 Å². The van der Waals surface area contributed by atoms with Crippen LogP contribution in [0.25, 0.3) is 0 Å². The molecule has 1 aromatic heterocycles. The molecule has 0 saturated carbocycles. The van der Waals surface area contributed by atoms with Crippen molar-refractivity contribution >= 4 is 11.3 Å². The molecular weight excluding hydrogens is 214 g/mol. The van der Waals surface area contributed by atoms with Gasteiger partial charge in [0.15, 0.2) is 0 Å². The van der Waals surface area contributed by atoms with Gasteiger partial charge >= 0.3 is 0 Å². The third-order valence-corrected chi connectivity index (χ3v) is 3.60. The van der Waals surface area contributed by atoms with Crippen LogP contribution in [-0.4, -0.2) is 0 Å². The predicted molar refractivity (Wildman–Crippen MR) is 70.8 cm³/mol. The zero-order chi connectivity index (χ0) is 11.4. The fourth-order valence-electron chi connectivity index (χ4n) is 1.73. The largest absolute Gasteiger partial charge is 0.309 e. The average molecular weight is 231 g/mol. The minimum absolute atomic E-state index is 0.941. The van der Waals surface area contributed by atoms with Crippen LogP contribution in [0.15, 0.2) is 35.0 Å². The van der Waals surface area contributed by atoms with Gasteiger partial charge in [-0.3, -0.25) is 0 Å². The third-order valence-electron chi connectivity index (χ3n) is 2.69. The lowest BCUT2D eigenvalue weighted by atomic mass is 10.1. The molecule has 0 aliphatic rings. The monoisotopic (exact) mass is 231 g/mol. The Morgan fingerprint density at radius 1 is 1.12 bits per heavy atom. The average Bonchev–Trinajstić information content (AvgIpc) is 2.65. The number of hydrogen-bond acceptors (Lipinski definition) is 2. The van der Waals surface area contributed by atoms with Gasteiger partial charge in [0.05, 0.1) is 0 Å². The second-order valence-electron chi connectivity index (χ2n) is 4.17.